The van der Waals surface area contributed by atoms with Gasteiger partial charge in [0.1, 0.15) is 12.4 Å². The highest BCUT2D eigenvalue weighted by Crippen LogP contribution is 2.16. The number of amides is 1. The Morgan fingerprint density at radius 3 is 2.92 bits per heavy atom. The van der Waals surface area contributed by atoms with E-state index in [-0.39, 0.29) is 11.9 Å². The molecule has 0 aromatic heterocycles. The van der Waals surface area contributed by atoms with E-state index in [9.17, 15) is 4.79 Å². The predicted molar refractivity (Wildman–Crippen MR) is 95.3 cm³/mol. The normalized spacial score (nSPS) is 17.3. The molecule has 126 valence electrons. The molecule has 1 atom stereocenters. The molecule has 0 spiro atoms. The molecule has 0 saturated carbocycles. The molecule has 1 amide bonds. The number of benzene rings is 2. The van der Waals surface area contributed by atoms with E-state index in [2.05, 4.69) is 29.7 Å². The summed E-state index contributed by atoms with van der Waals surface area (Å²) in [6.45, 7) is 4.44. The van der Waals surface area contributed by atoms with Gasteiger partial charge in [-0.1, -0.05) is 35.9 Å². The second-order valence-electron chi connectivity index (χ2n) is 6.32. The highest BCUT2D eigenvalue weighted by Gasteiger charge is 2.16. The van der Waals surface area contributed by atoms with Crippen molar-refractivity contribution in [2.24, 2.45) is 0 Å². The summed E-state index contributed by atoms with van der Waals surface area (Å²) >= 11 is 0. The lowest BCUT2D eigenvalue weighted by atomic mass is 10.1. The van der Waals surface area contributed by atoms with Crippen LogP contribution < -0.4 is 15.4 Å². The zero-order valence-corrected chi connectivity index (χ0v) is 14.0. The van der Waals surface area contributed by atoms with Gasteiger partial charge in [-0.3, -0.25) is 4.79 Å². The fraction of sp³-hybridized carbons (Fsp3) is 0.350. The Hall–Kier alpha value is -2.33. The second-order valence-corrected chi connectivity index (χ2v) is 6.32. The molecule has 1 aliphatic rings. The quantitative estimate of drug-likeness (QED) is 0.889. The van der Waals surface area contributed by atoms with Crippen LogP contribution >= 0.6 is 0 Å². The van der Waals surface area contributed by atoms with Crippen LogP contribution in [0.1, 0.15) is 34.3 Å². The number of rotatable bonds is 5. The molecule has 0 aliphatic carbocycles. The fourth-order valence-corrected chi connectivity index (χ4v) is 2.94. The van der Waals surface area contributed by atoms with Gasteiger partial charge in [0.05, 0.1) is 0 Å². The van der Waals surface area contributed by atoms with Crippen LogP contribution in [0, 0.1) is 6.92 Å². The predicted octanol–water partition coefficient (Wildman–Crippen LogP) is 3.06. The topological polar surface area (TPSA) is 50.4 Å². The van der Waals surface area contributed by atoms with Crippen LogP contribution in [0.25, 0.3) is 0 Å². The number of hydrogen-bond donors (Lipinski definition) is 2. The third-order valence-electron chi connectivity index (χ3n) is 4.22. The van der Waals surface area contributed by atoms with E-state index >= 15 is 0 Å². The smallest absolute Gasteiger partial charge is 0.251 e. The van der Waals surface area contributed by atoms with E-state index < -0.39 is 0 Å². The minimum atomic E-state index is -0.0373. The van der Waals surface area contributed by atoms with E-state index in [1.165, 1.54) is 5.56 Å². The van der Waals surface area contributed by atoms with Gasteiger partial charge in [0, 0.05) is 18.2 Å². The zero-order valence-electron chi connectivity index (χ0n) is 14.0. The molecule has 1 saturated heterocycles. The first-order valence-corrected chi connectivity index (χ1v) is 8.51. The number of aryl methyl sites for hydroxylation is 1. The lowest BCUT2D eigenvalue weighted by Crippen LogP contribution is -2.45. The lowest BCUT2D eigenvalue weighted by molar-refractivity contribution is 0.0930. The van der Waals surface area contributed by atoms with Crippen molar-refractivity contribution < 1.29 is 9.53 Å². The molecule has 0 unspecified atom stereocenters. The molecule has 3 rings (SSSR count). The average molecular weight is 324 g/mol. The van der Waals surface area contributed by atoms with E-state index in [1.54, 1.807) is 6.07 Å². The van der Waals surface area contributed by atoms with Crippen LogP contribution in [0.4, 0.5) is 0 Å². The maximum Gasteiger partial charge on any atom is 0.251 e. The number of nitrogens with one attached hydrogen (secondary N) is 2. The first kappa shape index (κ1) is 16.5. The number of piperidine rings is 1. The van der Waals surface area contributed by atoms with Gasteiger partial charge >= 0.3 is 0 Å². The van der Waals surface area contributed by atoms with Crippen LogP contribution in [-0.2, 0) is 6.61 Å². The third kappa shape index (κ3) is 4.59. The number of carbonyl (C=O) groups excluding carboxylic acids is 1. The van der Waals surface area contributed by atoms with Gasteiger partial charge < -0.3 is 15.4 Å². The van der Waals surface area contributed by atoms with Crippen molar-refractivity contribution in [3.05, 3.63) is 65.2 Å². The van der Waals surface area contributed by atoms with Crippen molar-refractivity contribution in [2.45, 2.75) is 32.4 Å². The minimum absolute atomic E-state index is 0.0373. The third-order valence-corrected chi connectivity index (χ3v) is 4.22. The standard InChI is InChI=1S/C20H24N2O2/c1-15-5-2-6-16(11-15)14-24-19-9-3-7-17(12-19)20(23)22-18-8-4-10-21-13-18/h2-3,5-7,9,11-12,18,21H,4,8,10,13-14H2,1H3,(H,22,23)/t18-/m0/s1. The number of hydrogen-bond acceptors (Lipinski definition) is 3. The Labute approximate surface area is 143 Å². The summed E-state index contributed by atoms with van der Waals surface area (Å²) in [5.41, 5.74) is 2.98. The van der Waals surface area contributed by atoms with Crippen molar-refractivity contribution in [3.63, 3.8) is 0 Å². The van der Waals surface area contributed by atoms with Gasteiger partial charge in [0.15, 0.2) is 0 Å². The lowest BCUT2D eigenvalue weighted by Gasteiger charge is -2.23. The molecule has 0 bridgehead atoms. The van der Waals surface area contributed by atoms with Gasteiger partial charge in [-0.15, -0.1) is 0 Å². The molecule has 0 radical (unpaired) electrons. The summed E-state index contributed by atoms with van der Waals surface area (Å²) in [5, 5.41) is 6.39. The van der Waals surface area contributed by atoms with Gasteiger partial charge in [0.2, 0.25) is 0 Å². The van der Waals surface area contributed by atoms with Crippen LogP contribution in [0.15, 0.2) is 48.5 Å². The second kappa shape index (κ2) is 7.97. The van der Waals surface area contributed by atoms with Gasteiger partial charge in [-0.2, -0.15) is 0 Å². The fourth-order valence-electron chi connectivity index (χ4n) is 2.94. The Bertz CT molecular complexity index is 694. The first-order chi connectivity index (χ1) is 11.7. The first-order valence-electron chi connectivity index (χ1n) is 8.51. The Morgan fingerprint density at radius 1 is 1.25 bits per heavy atom. The molecule has 1 aliphatic heterocycles. The Balaban J connectivity index is 1.59. The summed E-state index contributed by atoms with van der Waals surface area (Å²) in [6.07, 6.45) is 2.13. The Kier molecular flexibility index (Phi) is 5.49. The molecule has 2 aromatic carbocycles. The summed E-state index contributed by atoms with van der Waals surface area (Å²) < 4.78 is 5.84. The summed E-state index contributed by atoms with van der Waals surface area (Å²) in [4.78, 5) is 12.4. The summed E-state index contributed by atoms with van der Waals surface area (Å²) in [5.74, 6) is 0.677. The SMILES string of the molecule is Cc1cccc(COc2cccc(C(=O)N[C@H]3CCCNC3)c2)c1. The van der Waals surface area contributed by atoms with Gasteiger partial charge in [-0.25, -0.2) is 0 Å². The largest absolute Gasteiger partial charge is 0.489 e. The van der Waals surface area contributed by atoms with Crippen molar-refractivity contribution in [3.8, 4) is 5.75 Å². The molecule has 4 heteroatoms. The van der Waals surface area contributed by atoms with Crippen molar-refractivity contribution in [1.29, 1.82) is 0 Å². The Morgan fingerprint density at radius 2 is 2.12 bits per heavy atom. The summed E-state index contributed by atoms with van der Waals surface area (Å²) in [6, 6.07) is 15.8. The highest BCUT2D eigenvalue weighted by atomic mass is 16.5. The molecule has 2 aromatic rings. The van der Waals surface area contributed by atoms with Crippen molar-refractivity contribution in [1.82, 2.24) is 10.6 Å². The van der Waals surface area contributed by atoms with E-state index in [4.69, 9.17) is 4.74 Å². The minimum Gasteiger partial charge on any atom is -0.489 e. The van der Waals surface area contributed by atoms with Crippen LogP contribution in [0.3, 0.4) is 0 Å². The highest BCUT2D eigenvalue weighted by molar-refractivity contribution is 5.94. The molecule has 1 heterocycles. The van der Waals surface area contributed by atoms with Crippen LogP contribution in [0.5, 0.6) is 5.75 Å². The molecule has 24 heavy (non-hydrogen) atoms. The molecular formula is C20H24N2O2. The van der Waals surface area contributed by atoms with Crippen LogP contribution in [-0.4, -0.2) is 25.0 Å². The van der Waals surface area contributed by atoms with Crippen molar-refractivity contribution in [2.75, 3.05) is 13.1 Å². The van der Waals surface area contributed by atoms with Gasteiger partial charge in [0.25, 0.3) is 5.91 Å². The summed E-state index contributed by atoms with van der Waals surface area (Å²) in [7, 11) is 0. The number of ether oxygens (including phenoxy) is 1. The van der Waals surface area contributed by atoms with E-state index in [1.807, 2.05) is 30.3 Å². The maximum atomic E-state index is 12.4. The average Bonchev–Trinajstić information content (AvgIpc) is 2.61. The zero-order chi connectivity index (χ0) is 16.8. The van der Waals surface area contributed by atoms with Crippen LogP contribution in [0.2, 0.25) is 0 Å². The molecule has 4 nitrogen and oxygen atoms in total. The maximum absolute atomic E-state index is 12.4. The van der Waals surface area contributed by atoms with Crippen molar-refractivity contribution >= 4 is 5.91 Å². The monoisotopic (exact) mass is 324 g/mol. The van der Waals surface area contributed by atoms with E-state index in [0.29, 0.717) is 17.9 Å². The molecule has 1 fully saturated rings. The molecular weight excluding hydrogens is 300 g/mol. The van der Waals surface area contributed by atoms with E-state index in [0.717, 1.165) is 31.5 Å². The number of carbonyl (C=O) groups is 1. The molecule has 2 N–H and O–H groups in total. The van der Waals surface area contributed by atoms with Gasteiger partial charge in [-0.05, 0) is 50.1 Å².